The summed E-state index contributed by atoms with van der Waals surface area (Å²) in [5.41, 5.74) is -1.04. The first kappa shape index (κ1) is 17.4. The molecule has 0 amide bonds. The van der Waals surface area contributed by atoms with Crippen LogP contribution < -0.4 is 4.74 Å². The summed E-state index contributed by atoms with van der Waals surface area (Å²) in [5.74, 6) is -1.08. The molecule has 1 aromatic rings. The van der Waals surface area contributed by atoms with E-state index in [0.29, 0.717) is 0 Å². The van der Waals surface area contributed by atoms with Crippen LogP contribution >= 0.6 is 0 Å². The van der Waals surface area contributed by atoms with Crippen molar-refractivity contribution in [3.8, 4) is 5.88 Å². The van der Waals surface area contributed by atoms with Gasteiger partial charge in [0.15, 0.2) is 11.9 Å². The monoisotopic (exact) mass is 349 g/mol. The molecule has 4 atom stereocenters. The second-order valence-electron chi connectivity index (χ2n) is 6.13. The third-order valence-electron chi connectivity index (χ3n) is 3.84. The number of pyridine rings is 1. The maximum absolute atomic E-state index is 12.7. The Morgan fingerprint density at radius 3 is 2.67 bits per heavy atom. The third-order valence-corrected chi connectivity index (χ3v) is 3.84. The fourth-order valence-electron chi connectivity index (χ4n) is 2.85. The predicted molar refractivity (Wildman–Crippen MR) is 74.3 cm³/mol. The predicted octanol–water partition coefficient (Wildman–Crippen LogP) is 1.76. The van der Waals surface area contributed by atoms with E-state index >= 15 is 0 Å². The van der Waals surface area contributed by atoms with Crippen molar-refractivity contribution in [3.63, 3.8) is 0 Å². The number of fused-ring (bicyclic) bond motifs is 1. The SMILES string of the molecule is CC1(C)O[C@@H]2[C@H](O1)[C@@H](Oc1cccc(C(F)(F)F)n1)CO[C@@H]2CO. The van der Waals surface area contributed by atoms with E-state index in [1.54, 1.807) is 13.8 Å². The normalized spacial score (nSPS) is 32.4. The van der Waals surface area contributed by atoms with Gasteiger partial charge in [-0.2, -0.15) is 13.2 Å². The van der Waals surface area contributed by atoms with Gasteiger partial charge in [-0.1, -0.05) is 6.07 Å². The van der Waals surface area contributed by atoms with E-state index in [1.165, 1.54) is 12.1 Å². The first-order valence-corrected chi connectivity index (χ1v) is 7.48. The smallest absolute Gasteiger partial charge is 0.433 e. The topological polar surface area (TPSA) is 70.0 Å². The molecule has 0 radical (unpaired) electrons. The average molecular weight is 349 g/mol. The summed E-state index contributed by atoms with van der Waals surface area (Å²) < 4.78 is 60.8. The molecular weight excluding hydrogens is 331 g/mol. The van der Waals surface area contributed by atoms with Crippen molar-refractivity contribution in [1.29, 1.82) is 0 Å². The molecule has 9 heteroatoms. The van der Waals surface area contributed by atoms with E-state index in [1.807, 2.05) is 0 Å². The first-order valence-electron chi connectivity index (χ1n) is 7.48. The molecule has 0 aliphatic carbocycles. The van der Waals surface area contributed by atoms with E-state index in [4.69, 9.17) is 18.9 Å². The van der Waals surface area contributed by atoms with Gasteiger partial charge in [0.2, 0.25) is 5.88 Å². The summed E-state index contributed by atoms with van der Waals surface area (Å²) in [6.07, 6.45) is -6.99. The van der Waals surface area contributed by atoms with Gasteiger partial charge in [0.25, 0.3) is 0 Å². The van der Waals surface area contributed by atoms with Crippen molar-refractivity contribution in [2.75, 3.05) is 13.2 Å². The molecule has 2 fully saturated rings. The molecule has 3 heterocycles. The van der Waals surface area contributed by atoms with Crippen LogP contribution in [0.25, 0.3) is 0 Å². The van der Waals surface area contributed by atoms with Gasteiger partial charge in [0, 0.05) is 6.07 Å². The Balaban J connectivity index is 1.78. The van der Waals surface area contributed by atoms with Gasteiger partial charge in [0.1, 0.15) is 24.0 Å². The zero-order valence-corrected chi connectivity index (χ0v) is 13.1. The molecule has 0 spiro atoms. The Kier molecular flexibility index (Phi) is 4.45. The summed E-state index contributed by atoms with van der Waals surface area (Å²) in [6.45, 7) is 3.21. The molecular formula is C15H18F3NO5. The Labute approximate surface area is 136 Å². The summed E-state index contributed by atoms with van der Waals surface area (Å²) >= 11 is 0. The molecule has 1 aromatic heterocycles. The van der Waals surface area contributed by atoms with E-state index in [-0.39, 0.29) is 19.1 Å². The van der Waals surface area contributed by atoms with Crippen molar-refractivity contribution in [2.24, 2.45) is 0 Å². The van der Waals surface area contributed by atoms with Crippen molar-refractivity contribution in [3.05, 3.63) is 23.9 Å². The number of alkyl halides is 3. The van der Waals surface area contributed by atoms with E-state index in [2.05, 4.69) is 4.98 Å². The lowest BCUT2D eigenvalue weighted by molar-refractivity contribution is -0.158. The highest BCUT2D eigenvalue weighted by Gasteiger charge is 2.52. The molecule has 0 aromatic carbocycles. The van der Waals surface area contributed by atoms with Crippen LogP contribution in [0.3, 0.4) is 0 Å². The molecule has 134 valence electrons. The largest absolute Gasteiger partial charge is 0.469 e. The molecule has 0 bridgehead atoms. The molecule has 0 saturated carbocycles. The number of aliphatic hydroxyl groups excluding tert-OH is 1. The second kappa shape index (κ2) is 6.14. The number of nitrogens with zero attached hydrogens (tertiary/aromatic N) is 1. The molecule has 2 saturated heterocycles. The van der Waals surface area contributed by atoms with Gasteiger partial charge in [-0.25, -0.2) is 4.98 Å². The molecule has 2 aliphatic rings. The average Bonchev–Trinajstić information content (AvgIpc) is 2.83. The molecule has 24 heavy (non-hydrogen) atoms. The Morgan fingerprint density at radius 1 is 1.29 bits per heavy atom. The minimum absolute atomic E-state index is 0.0454. The quantitative estimate of drug-likeness (QED) is 0.897. The third kappa shape index (κ3) is 3.49. The second-order valence-corrected chi connectivity index (χ2v) is 6.13. The lowest BCUT2D eigenvalue weighted by Gasteiger charge is -2.35. The first-order chi connectivity index (χ1) is 11.2. The Hall–Kier alpha value is -1.42. The molecule has 3 rings (SSSR count). The zero-order chi connectivity index (χ0) is 17.5. The van der Waals surface area contributed by atoms with Crippen LogP contribution in [0.1, 0.15) is 19.5 Å². The Bertz CT molecular complexity index is 595. The van der Waals surface area contributed by atoms with Crippen LogP contribution in [0.4, 0.5) is 13.2 Å². The minimum atomic E-state index is -4.55. The lowest BCUT2D eigenvalue weighted by Crippen LogP contribution is -2.54. The number of aromatic nitrogens is 1. The molecule has 2 aliphatic heterocycles. The highest BCUT2D eigenvalue weighted by Crippen LogP contribution is 2.37. The maximum atomic E-state index is 12.7. The van der Waals surface area contributed by atoms with Crippen LogP contribution in [-0.4, -0.2) is 53.5 Å². The number of halogens is 3. The summed E-state index contributed by atoms with van der Waals surface area (Å²) in [5, 5.41) is 9.37. The van der Waals surface area contributed by atoms with E-state index in [9.17, 15) is 18.3 Å². The maximum Gasteiger partial charge on any atom is 0.433 e. The fraction of sp³-hybridized carbons (Fsp3) is 0.667. The van der Waals surface area contributed by atoms with Crippen molar-refractivity contribution in [1.82, 2.24) is 4.98 Å². The zero-order valence-electron chi connectivity index (χ0n) is 13.1. The standard InChI is InChI=1S/C15H18F3NO5/c1-14(2)23-12-8(6-20)21-7-9(13(12)24-14)22-11-5-3-4-10(19-11)15(16,17)18/h3-5,8-9,12-13,20H,6-7H2,1-2H3/t8-,9+,12+,13-/m1/s1. The highest BCUT2D eigenvalue weighted by atomic mass is 19.4. The minimum Gasteiger partial charge on any atom is -0.469 e. The van der Waals surface area contributed by atoms with Crippen molar-refractivity contribution < 1.29 is 37.2 Å². The van der Waals surface area contributed by atoms with Gasteiger partial charge in [-0.3, -0.25) is 0 Å². The van der Waals surface area contributed by atoms with Gasteiger partial charge in [-0.05, 0) is 19.9 Å². The van der Waals surface area contributed by atoms with Crippen LogP contribution in [0, 0.1) is 0 Å². The molecule has 1 N–H and O–H groups in total. The van der Waals surface area contributed by atoms with Crippen molar-refractivity contribution >= 4 is 0 Å². The number of aliphatic hydroxyl groups is 1. The van der Waals surface area contributed by atoms with Crippen LogP contribution in [0.2, 0.25) is 0 Å². The van der Waals surface area contributed by atoms with Crippen molar-refractivity contribution in [2.45, 2.75) is 50.2 Å². The summed E-state index contributed by atoms with van der Waals surface area (Å²) in [7, 11) is 0. The van der Waals surface area contributed by atoms with Crippen LogP contribution in [0.15, 0.2) is 18.2 Å². The number of hydrogen-bond acceptors (Lipinski definition) is 6. The Morgan fingerprint density at radius 2 is 2.00 bits per heavy atom. The van der Waals surface area contributed by atoms with Gasteiger partial charge in [0.05, 0.1) is 13.2 Å². The summed E-state index contributed by atoms with van der Waals surface area (Å²) in [4.78, 5) is 3.48. The number of rotatable bonds is 3. The van der Waals surface area contributed by atoms with E-state index in [0.717, 1.165) is 6.07 Å². The fourth-order valence-corrected chi connectivity index (χ4v) is 2.85. The lowest BCUT2D eigenvalue weighted by atomic mass is 10.0. The highest BCUT2D eigenvalue weighted by molar-refractivity contribution is 5.18. The number of ether oxygens (including phenoxy) is 4. The van der Waals surface area contributed by atoms with Gasteiger partial charge in [-0.15, -0.1) is 0 Å². The van der Waals surface area contributed by atoms with Crippen LogP contribution in [-0.2, 0) is 20.4 Å². The van der Waals surface area contributed by atoms with Crippen LogP contribution in [0.5, 0.6) is 5.88 Å². The molecule has 0 unspecified atom stereocenters. The number of hydrogen-bond donors (Lipinski definition) is 1. The van der Waals surface area contributed by atoms with E-state index < -0.39 is 42.1 Å². The summed E-state index contributed by atoms with van der Waals surface area (Å²) in [6, 6.07) is 3.43. The van der Waals surface area contributed by atoms with Gasteiger partial charge >= 0.3 is 6.18 Å². The molecule has 6 nitrogen and oxygen atoms in total. The van der Waals surface area contributed by atoms with Gasteiger partial charge < -0.3 is 24.1 Å².